The molecule has 0 aromatic carbocycles. The number of nitrogens with zero attached hydrogens (tertiary/aromatic N) is 1. The van der Waals surface area contributed by atoms with Crippen molar-refractivity contribution < 1.29 is 42.9 Å². The standard InChI is InChI=1S/C19H26N2O9/c1-4-16(22)27-11-14(12-28-17(23)5-2)30-19(25)21-10-8-7-9-15(29-13-20)18(24)26-6-3/h4-5,14-15H,1-2,6-12H2,3H3,(H,21,25). The van der Waals surface area contributed by atoms with E-state index in [1.807, 2.05) is 0 Å². The molecule has 0 spiro atoms. The number of hydrogen-bond donors (Lipinski definition) is 1. The Labute approximate surface area is 174 Å². The number of unbranched alkanes of at least 4 members (excludes halogenated alkanes) is 1. The van der Waals surface area contributed by atoms with E-state index < -0.39 is 36.2 Å². The lowest BCUT2D eigenvalue weighted by Gasteiger charge is -2.17. The lowest BCUT2D eigenvalue weighted by molar-refractivity contribution is -0.153. The summed E-state index contributed by atoms with van der Waals surface area (Å²) in [5.74, 6) is -2.08. The van der Waals surface area contributed by atoms with Crippen LogP contribution >= 0.6 is 0 Å². The number of alkyl carbamates (subject to hydrolysis) is 1. The van der Waals surface area contributed by atoms with Crippen LogP contribution in [0.5, 0.6) is 0 Å². The van der Waals surface area contributed by atoms with Crippen LogP contribution in [0.1, 0.15) is 26.2 Å². The van der Waals surface area contributed by atoms with Crippen molar-refractivity contribution in [3.8, 4) is 6.26 Å². The molecule has 0 fully saturated rings. The Morgan fingerprint density at radius 1 is 1.03 bits per heavy atom. The second kappa shape index (κ2) is 16.4. The first-order valence-corrected chi connectivity index (χ1v) is 9.12. The Balaban J connectivity index is 4.35. The van der Waals surface area contributed by atoms with Gasteiger partial charge in [0.2, 0.25) is 6.10 Å². The summed E-state index contributed by atoms with van der Waals surface area (Å²) in [6, 6.07) is 0. The van der Waals surface area contributed by atoms with Gasteiger partial charge in [-0.2, -0.15) is 5.26 Å². The second-order valence-electron chi connectivity index (χ2n) is 5.57. The van der Waals surface area contributed by atoms with Crippen LogP contribution in [0, 0.1) is 11.5 Å². The van der Waals surface area contributed by atoms with Gasteiger partial charge in [0.1, 0.15) is 13.2 Å². The third-order valence-electron chi connectivity index (χ3n) is 3.34. The van der Waals surface area contributed by atoms with Gasteiger partial charge in [0.05, 0.1) is 6.61 Å². The van der Waals surface area contributed by atoms with Crippen LogP contribution in [0.3, 0.4) is 0 Å². The van der Waals surface area contributed by atoms with Gasteiger partial charge in [0.25, 0.3) is 6.26 Å². The largest absolute Gasteiger partial charge is 0.463 e. The highest BCUT2D eigenvalue weighted by Crippen LogP contribution is 2.07. The summed E-state index contributed by atoms with van der Waals surface area (Å²) in [6.07, 6.45) is 1.65. The van der Waals surface area contributed by atoms with Crippen LogP contribution in [-0.4, -0.2) is 62.6 Å². The maximum absolute atomic E-state index is 11.9. The molecule has 0 aliphatic carbocycles. The van der Waals surface area contributed by atoms with Crippen molar-refractivity contribution in [3.63, 3.8) is 0 Å². The minimum atomic E-state index is -1.03. The van der Waals surface area contributed by atoms with E-state index in [1.54, 1.807) is 6.92 Å². The number of rotatable bonds is 15. The van der Waals surface area contributed by atoms with Gasteiger partial charge in [-0.15, -0.1) is 0 Å². The number of carbonyl (C=O) groups is 4. The predicted octanol–water partition coefficient (Wildman–Crippen LogP) is 1.14. The Bertz CT molecular complexity index is 618. The van der Waals surface area contributed by atoms with Crippen LogP contribution in [0.15, 0.2) is 25.3 Å². The molecule has 11 heteroatoms. The van der Waals surface area contributed by atoms with E-state index in [9.17, 15) is 19.2 Å². The molecule has 1 N–H and O–H groups in total. The average molecular weight is 426 g/mol. The molecule has 166 valence electrons. The van der Waals surface area contributed by atoms with Crippen LogP contribution in [0.4, 0.5) is 4.79 Å². The van der Waals surface area contributed by atoms with E-state index in [1.165, 1.54) is 6.26 Å². The zero-order valence-corrected chi connectivity index (χ0v) is 16.8. The van der Waals surface area contributed by atoms with E-state index in [0.717, 1.165) is 12.2 Å². The average Bonchev–Trinajstić information content (AvgIpc) is 2.73. The fraction of sp³-hybridized carbons (Fsp3) is 0.526. The molecule has 1 amide bonds. The van der Waals surface area contributed by atoms with E-state index in [-0.39, 0.29) is 32.8 Å². The van der Waals surface area contributed by atoms with Gasteiger partial charge in [-0.25, -0.2) is 19.2 Å². The van der Waals surface area contributed by atoms with Crippen molar-refractivity contribution in [2.45, 2.75) is 38.4 Å². The van der Waals surface area contributed by atoms with Crippen LogP contribution in [0.2, 0.25) is 0 Å². The van der Waals surface area contributed by atoms with Gasteiger partial charge in [-0.1, -0.05) is 13.2 Å². The molecule has 0 rings (SSSR count). The summed E-state index contributed by atoms with van der Waals surface area (Å²) in [7, 11) is 0. The molecule has 0 aliphatic heterocycles. The second-order valence-corrected chi connectivity index (χ2v) is 5.57. The third-order valence-corrected chi connectivity index (χ3v) is 3.34. The molecule has 11 nitrogen and oxygen atoms in total. The first-order chi connectivity index (χ1) is 14.4. The SMILES string of the molecule is C=CC(=O)OCC(COC(=O)C=C)OC(=O)NCCCCC(OC#N)C(=O)OCC. The highest BCUT2D eigenvalue weighted by molar-refractivity contribution is 5.81. The summed E-state index contributed by atoms with van der Waals surface area (Å²) in [5, 5.41) is 11.0. The van der Waals surface area contributed by atoms with Gasteiger partial charge >= 0.3 is 24.0 Å². The summed E-state index contributed by atoms with van der Waals surface area (Å²) in [4.78, 5) is 45.8. The molecular formula is C19H26N2O9. The van der Waals surface area contributed by atoms with E-state index in [0.29, 0.717) is 12.8 Å². The van der Waals surface area contributed by atoms with Crippen molar-refractivity contribution in [2.75, 3.05) is 26.4 Å². The Morgan fingerprint density at radius 3 is 2.13 bits per heavy atom. The van der Waals surface area contributed by atoms with Gasteiger partial charge in [-0.05, 0) is 26.2 Å². The van der Waals surface area contributed by atoms with Crippen LogP contribution in [0.25, 0.3) is 0 Å². The zero-order valence-electron chi connectivity index (χ0n) is 16.8. The first-order valence-electron chi connectivity index (χ1n) is 9.12. The number of nitriles is 1. The highest BCUT2D eigenvalue weighted by atomic mass is 16.6. The van der Waals surface area contributed by atoms with E-state index >= 15 is 0 Å². The number of hydrogen-bond acceptors (Lipinski definition) is 10. The molecule has 0 radical (unpaired) electrons. The maximum Gasteiger partial charge on any atom is 0.407 e. The molecule has 0 aromatic heterocycles. The molecule has 0 heterocycles. The molecule has 1 unspecified atom stereocenters. The molecule has 0 bridgehead atoms. The molecule has 0 saturated carbocycles. The van der Waals surface area contributed by atoms with Gasteiger partial charge < -0.3 is 29.0 Å². The van der Waals surface area contributed by atoms with Gasteiger partial charge in [0.15, 0.2) is 6.10 Å². The molecule has 0 aliphatic rings. The normalized spacial score (nSPS) is 10.7. The zero-order chi connectivity index (χ0) is 22.8. The number of esters is 3. The minimum Gasteiger partial charge on any atom is -0.463 e. The number of amides is 1. The Kier molecular flexibility index (Phi) is 14.5. The lowest BCUT2D eigenvalue weighted by atomic mass is 10.1. The van der Waals surface area contributed by atoms with Gasteiger partial charge in [0, 0.05) is 18.7 Å². The third kappa shape index (κ3) is 12.8. The Morgan fingerprint density at radius 2 is 1.63 bits per heavy atom. The molecule has 0 aromatic rings. The van der Waals surface area contributed by atoms with Crippen molar-refractivity contribution in [1.82, 2.24) is 5.32 Å². The quantitative estimate of drug-likeness (QED) is 0.133. The summed E-state index contributed by atoms with van der Waals surface area (Å²) in [6.45, 7) is 7.82. The predicted molar refractivity (Wildman–Crippen MR) is 102 cm³/mol. The number of carbonyl (C=O) groups excluding carboxylic acids is 4. The molecular weight excluding hydrogens is 400 g/mol. The lowest BCUT2D eigenvalue weighted by Crippen LogP contribution is -2.35. The molecule has 0 saturated heterocycles. The minimum absolute atomic E-state index is 0.170. The van der Waals surface area contributed by atoms with Crippen molar-refractivity contribution in [2.24, 2.45) is 0 Å². The van der Waals surface area contributed by atoms with Crippen molar-refractivity contribution >= 4 is 24.0 Å². The van der Waals surface area contributed by atoms with Crippen molar-refractivity contribution in [3.05, 3.63) is 25.3 Å². The van der Waals surface area contributed by atoms with E-state index in [2.05, 4.69) is 23.2 Å². The van der Waals surface area contributed by atoms with Crippen LogP contribution in [-0.2, 0) is 38.1 Å². The summed E-state index contributed by atoms with van der Waals surface area (Å²) in [5.41, 5.74) is 0. The Hall–Kier alpha value is -3.55. The molecule has 30 heavy (non-hydrogen) atoms. The smallest absolute Gasteiger partial charge is 0.407 e. The van der Waals surface area contributed by atoms with E-state index in [4.69, 9.17) is 24.2 Å². The number of ether oxygens (including phenoxy) is 5. The fourth-order valence-electron chi connectivity index (χ4n) is 1.95. The maximum atomic E-state index is 11.9. The summed E-state index contributed by atoms with van der Waals surface area (Å²) < 4.78 is 24.1. The highest BCUT2D eigenvalue weighted by Gasteiger charge is 2.21. The van der Waals surface area contributed by atoms with Gasteiger partial charge in [-0.3, -0.25) is 0 Å². The summed E-state index contributed by atoms with van der Waals surface area (Å²) >= 11 is 0. The molecule has 1 atom stereocenters. The van der Waals surface area contributed by atoms with Crippen molar-refractivity contribution in [1.29, 1.82) is 5.26 Å². The fourth-order valence-corrected chi connectivity index (χ4v) is 1.95. The monoisotopic (exact) mass is 426 g/mol. The first kappa shape index (κ1) is 26.4. The number of nitrogens with one attached hydrogen (secondary N) is 1. The van der Waals surface area contributed by atoms with Crippen LogP contribution < -0.4 is 5.32 Å². The topological polar surface area (TPSA) is 150 Å².